The first-order chi connectivity index (χ1) is 7.10. The van der Waals surface area contributed by atoms with Crippen LogP contribution in [0, 0.1) is 10.1 Å². The van der Waals surface area contributed by atoms with Gasteiger partial charge >= 0.3 is 11.7 Å². The zero-order chi connectivity index (χ0) is 11.4. The molecule has 0 fully saturated rings. The highest BCUT2D eigenvalue weighted by molar-refractivity contribution is 7.92. The number of hydrogen-bond acceptors (Lipinski definition) is 6. The predicted molar refractivity (Wildman–Crippen MR) is 48.9 cm³/mol. The van der Waals surface area contributed by atoms with Crippen molar-refractivity contribution in [2.45, 2.75) is 6.92 Å². The lowest BCUT2D eigenvalue weighted by Crippen LogP contribution is -2.08. The van der Waals surface area contributed by atoms with Crippen molar-refractivity contribution in [1.29, 1.82) is 0 Å². The molecule has 1 rings (SSSR count). The van der Waals surface area contributed by atoms with Crippen LogP contribution in [0.15, 0.2) is 6.20 Å². The first-order valence-electron chi connectivity index (χ1n) is 3.80. The normalized spacial score (nSPS) is 10.0. The minimum Gasteiger partial charge on any atom is -0.461 e. The summed E-state index contributed by atoms with van der Waals surface area (Å²) in [6, 6.07) is 0. The van der Waals surface area contributed by atoms with Crippen LogP contribution in [-0.2, 0) is 4.74 Å². The second-order valence-electron chi connectivity index (χ2n) is 2.31. The van der Waals surface area contributed by atoms with Gasteiger partial charge in [0, 0.05) is 0 Å². The molecule has 9 heteroatoms. The van der Waals surface area contributed by atoms with E-state index in [0.29, 0.717) is 4.09 Å². The van der Waals surface area contributed by atoms with Crippen LogP contribution in [0.4, 0.5) is 9.57 Å². The highest BCUT2D eigenvalue weighted by atomic mass is 32.2. The minimum absolute atomic E-state index is 0.0611. The second kappa shape index (κ2) is 4.73. The van der Waals surface area contributed by atoms with E-state index >= 15 is 0 Å². The molecule has 0 N–H and O–H groups in total. The maximum atomic E-state index is 12.1. The summed E-state index contributed by atoms with van der Waals surface area (Å²) in [7, 11) is 0. The SMILES string of the molecule is CCOC(=O)c1nn(SF)cc1[N+](=O)[O-]. The van der Waals surface area contributed by atoms with Gasteiger partial charge in [0.15, 0.2) is 12.3 Å². The van der Waals surface area contributed by atoms with Gasteiger partial charge in [-0.15, -0.1) is 8.98 Å². The number of halogens is 1. The number of carbonyl (C=O) groups is 1. The molecule has 82 valence electrons. The zero-order valence-electron chi connectivity index (χ0n) is 7.55. The van der Waals surface area contributed by atoms with Crippen molar-refractivity contribution >= 4 is 24.0 Å². The summed E-state index contributed by atoms with van der Waals surface area (Å²) in [4.78, 5) is 20.8. The van der Waals surface area contributed by atoms with Gasteiger partial charge in [0.05, 0.1) is 11.5 Å². The molecule has 0 amide bonds. The van der Waals surface area contributed by atoms with E-state index in [2.05, 4.69) is 9.84 Å². The average molecular weight is 235 g/mol. The standard InChI is InChI=1S/C6H6FN3O4S/c1-2-14-6(11)5-4(10(12)13)3-9(8-5)15-7/h3H,2H2,1H3. The Hall–Kier alpha value is -1.64. The van der Waals surface area contributed by atoms with Crippen LogP contribution < -0.4 is 0 Å². The van der Waals surface area contributed by atoms with Gasteiger partial charge in [-0.2, -0.15) is 4.09 Å². The Labute approximate surface area is 87.8 Å². The fourth-order valence-corrected chi connectivity index (χ4v) is 1.11. The lowest BCUT2D eigenvalue weighted by molar-refractivity contribution is -0.385. The number of aromatic nitrogens is 2. The van der Waals surface area contributed by atoms with Gasteiger partial charge in [0.1, 0.15) is 6.20 Å². The molecular formula is C6H6FN3O4S. The third-order valence-corrected chi connectivity index (χ3v) is 1.74. The molecule has 0 saturated heterocycles. The third kappa shape index (κ3) is 2.43. The van der Waals surface area contributed by atoms with Crippen molar-refractivity contribution in [3.63, 3.8) is 0 Å². The number of esters is 1. The second-order valence-corrected chi connectivity index (χ2v) is 2.82. The van der Waals surface area contributed by atoms with Crippen molar-refractivity contribution in [3.8, 4) is 0 Å². The van der Waals surface area contributed by atoms with E-state index in [9.17, 15) is 18.8 Å². The Bertz CT molecular complexity index is 394. The molecule has 0 radical (unpaired) electrons. The monoisotopic (exact) mass is 235 g/mol. The minimum atomic E-state index is -0.947. The molecule has 0 spiro atoms. The first-order valence-corrected chi connectivity index (χ1v) is 4.47. The van der Waals surface area contributed by atoms with Crippen molar-refractivity contribution in [2.24, 2.45) is 0 Å². The highest BCUT2D eigenvalue weighted by Gasteiger charge is 2.27. The molecule has 0 saturated carbocycles. The number of nitrogens with zero attached hydrogens (tertiary/aromatic N) is 3. The van der Waals surface area contributed by atoms with Crippen LogP contribution in [0.2, 0.25) is 0 Å². The van der Waals surface area contributed by atoms with Crippen molar-refractivity contribution in [3.05, 3.63) is 22.0 Å². The quantitative estimate of drug-likeness (QED) is 0.444. The molecule has 1 heterocycles. The topological polar surface area (TPSA) is 87.3 Å². The fraction of sp³-hybridized carbons (Fsp3) is 0.333. The van der Waals surface area contributed by atoms with Gasteiger partial charge in [0.2, 0.25) is 5.69 Å². The lowest BCUT2D eigenvalue weighted by atomic mass is 10.4. The Morgan fingerprint density at radius 2 is 2.53 bits per heavy atom. The average Bonchev–Trinajstić information content (AvgIpc) is 2.61. The number of hydrogen-bond donors (Lipinski definition) is 0. The van der Waals surface area contributed by atoms with Crippen LogP contribution in [0.25, 0.3) is 0 Å². The van der Waals surface area contributed by atoms with Gasteiger partial charge in [-0.1, -0.05) is 0 Å². The summed E-state index contributed by atoms with van der Waals surface area (Å²) in [5.74, 6) is -0.947. The molecule has 0 aliphatic carbocycles. The van der Waals surface area contributed by atoms with Gasteiger partial charge in [0.25, 0.3) is 0 Å². The Balaban J connectivity index is 3.09. The molecule has 0 bridgehead atoms. The Morgan fingerprint density at radius 1 is 1.87 bits per heavy atom. The molecule has 0 aliphatic heterocycles. The predicted octanol–water partition coefficient (Wildman–Crippen LogP) is 1.35. The van der Waals surface area contributed by atoms with Crippen LogP contribution in [-0.4, -0.2) is 26.7 Å². The van der Waals surface area contributed by atoms with Crippen molar-refractivity contribution < 1.29 is 18.3 Å². The summed E-state index contributed by atoms with van der Waals surface area (Å²) in [5, 5.41) is 13.8. The summed E-state index contributed by atoms with van der Waals surface area (Å²) in [5.41, 5.74) is -1.09. The maximum absolute atomic E-state index is 12.1. The summed E-state index contributed by atoms with van der Waals surface area (Å²) in [6.45, 7) is 1.61. The molecule has 7 nitrogen and oxygen atoms in total. The van der Waals surface area contributed by atoms with Crippen LogP contribution in [0.3, 0.4) is 0 Å². The van der Waals surface area contributed by atoms with Gasteiger partial charge < -0.3 is 4.74 Å². The van der Waals surface area contributed by atoms with E-state index in [4.69, 9.17) is 0 Å². The van der Waals surface area contributed by atoms with E-state index < -0.39 is 22.3 Å². The lowest BCUT2D eigenvalue weighted by Gasteiger charge is -1.96. The van der Waals surface area contributed by atoms with Crippen LogP contribution in [0.1, 0.15) is 17.4 Å². The smallest absolute Gasteiger partial charge is 0.366 e. The summed E-state index contributed by atoms with van der Waals surface area (Å²) >= 11 is -0.350. The number of rotatable bonds is 4. The third-order valence-electron chi connectivity index (χ3n) is 1.41. The first kappa shape index (κ1) is 11.4. The van der Waals surface area contributed by atoms with E-state index in [1.165, 1.54) is 0 Å². The summed E-state index contributed by atoms with van der Waals surface area (Å²) < 4.78 is 17.2. The van der Waals surface area contributed by atoms with Gasteiger partial charge in [-0.3, -0.25) is 10.1 Å². The molecule has 0 aromatic carbocycles. The van der Waals surface area contributed by atoms with E-state index in [-0.39, 0.29) is 18.9 Å². The van der Waals surface area contributed by atoms with Crippen molar-refractivity contribution in [2.75, 3.05) is 6.61 Å². The maximum Gasteiger partial charge on any atom is 0.366 e. The van der Waals surface area contributed by atoms with Gasteiger partial charge in [-0.05, 0) is 6.92 Å². The largest absolute Gasteiger partial charge is 0.461 e. The molecule has 0 unspecified atom stereocenters. The zero-order valence-corrected chi connectivity index (χ0v) is 8.36. The fourth-order valence-electron chi connectivity index (χ4n) is 0.858. The number of ether oxygens (including phenoxy) is 1. The van der Waals surface area contributed by atoms with E-state index in [0.717, 1.165) is 6.20 Å². The number of carbonyl (C=O) groups excluding carboxylic acids is 1. The molecule has 0 aliphatic rings. The van der Waals surface area contributed by atoms with Crippen molar-refractivity contribution in [1.82, 2.24) is 9.19 Å². The van der Waals surface area contributed by atoms with E-state index in [1.54, 1.807) is 6.92 Å². The molecule has 0 atom stereocenters. The van der Waals surface area contributed by atoms with Crippen LogP contribution in [0.5, 0.6) is 0 Å². The van der Waals surface area contributed by atoms with Gasteiger partial charge in [-0.25, -0.2) is 4.79 Å². The molecule has 1 aromatic rings. The molecular weight excluding hydrogens is 229 g/mol. The summed E-state index contributed by atoms with van der Waals surface area (Å²) in [6.07, 6.45) is 0.802. The van der Waals surface area contributed by atoms with Crippen LogP contribution >= 0.6 is 12.3 Å². The number of nitro groups is 1. The Kier molecular flexibility index (Phi) is 3.61. The molecule has 1 aromatic heterocycles. The Morgan fingerprint density at radius 3 is 3.00 bits per heavy atom. The molecule has 15 heavy (non-hydrogen) atoms. The highest BCUT2D eigenvalue weighted by Crippen LogP contribution is 2.20. The van der Waals surface area contributed by atoms with E-state index in [1.807, 2.05) is 0 Å².